The second-order valence-electron chi connectivity index (χ2n) is 6.33. The molecule has 4 rings (SSSR count). The molecule has 2 aromatic carbocycles. The Bertz CT molecular complexity index is 930. The maximum absolute atomic E-state index is 13.8. The van der Waals surface area contributed by atoms with Crippen LogP contribution in [-0.4, -0.2) is 39.3 Å². The van der Waals surface area contributed by atoms with Crippen LogP contribution < -0.4 is 0 Å². The van der Waals surface area contributed by atoms with Crippen molar-refractivity contribution in [3.63, 3.8) is 0 Å². The van der Waals surface area contributed by atoms with Crippen molar-refractivity contribution in [2.75, 3.05) is 6.54 Å². The first-order valence-corrected chi connectivity index (χ1v) is 8.53. The lowest BCUT2D eigenvalue weighted by molar-refractivity contribution is 0.0161. The third-order valence-corrected chi connectivity index (χ3v) is 5.04. The summed E-state index contributed by atoms with van der Waals surface area (Å²) < 4.78 is 28.7. The van der Waals surface area contributed by atoms with Gasteiger partial charge in [-0.2, -0.15) is 0 Å². The van der Waals surface area contributed by atoms with Crippen LogP contribution in [0.1, 0.15) is 18.3 Å². The number of hydrogen-bond donors (Lipinski definition) is 2. The van der Waals surface area contributed by atoms with Crippen LogP contribution in [0.4, 0.5) is 8.78 Å². The third kappa shape index (κ3) is 2.62. The van der Waals surface area contributed by atoms with Crippen molar-refractivity contribution in [3.05, 3.63) is 40.6 Å². The lowest BCUT2D eigenvalue weighted by atomic mass is 9.84. The van der Waals surface area contributed by atoms with Gasteiger partial charge in [-0.25, -0.2) is 13.8 Å². The van der Waals surface area contributed by atoms with Crippen molar-refractivity contribution in [1.29, 1.82) is 0 Å². The lowest BCUT2D eigenvalue weighted by Crippen LogP contribution is -2.38. The van der Waals surface area contributed by atoms with Gasteiger partial charge in [0.05, 0.1) is 23.6 Å². The fourth-order valence-electron chi connectivity index (χ4n) is 3.44. The number of hydrogen-bond acceptors (Lipinski definition) is 3. The van der Waals surface area contributed by atoms with E-state index in [1.54, 1.807) is 0 Å². The molecule has 0 amide bonds. The first-order chi connectivity index (χ1) is 11.3. The topological polar surface area (TPSA) is 52.1 Å². The molecule has 124 valence electrons. The molecule has 0 unspecified atom stereocenters. The summed E-state index contributed by atoms with van der Waals surface area (Å²) >= 11 is 3.45. The average molecular weight is 394 g/mol. The van der Waals surface area contributed by atoms with Crippen molar-refractivity contribution in [2.24, 2.45) is 0 Å². The molecular formula is C16H15BBrF2N3O. The van der Waals surface area contributed by atoms with Gasteiger partial charge in [-0.1, -0.05) is 28.1 Å². The van der Waals surface area contributed by atoms with E-state index >= 15 is 0 Å². The van der Waals surface area contributed by atoms with Crippen LogP contribution in [0.15, 0.2) is 34.8 Å². The van der Waals surface area contributed by atoms with Gasteiger partial charge in [0.2, 0.25) is 0 Å². The van der Waals surface area contributed by atoms with E-state index < -0.39 is 25.6 Å². The van der Waals surface area contributed by atoms with Crippen LogP contribution in [0.2, 0.25) is 6.82 Å². The summed E-state index contributed by atoms with van der Waals surface area (Å²) in [6.07, 6.45) is -0.346. The van der Waals surface area contributed by atoms with Crippen molar-refractivity contribution in [3.8, 4) is 0 Å². The Labute approximate surface area is 146 Å². The van der Waals surface area contributed by atoms with Crippen molar-refractivity contribution < 1.29 is 13.8 Å². The Morgan fingerprint density at radius 2 is 2.17 bits per heavy atom. The van der Waals surface area contributed by atoms with E-state index in [4.69, 9.17) is 0 Å². The number of halogens is 3. The van der Waals surface area contributed by atoms with E-state index in [0.29, 0.717) is 5.82 Å². The zero-order chi connectivity index (χ0) is 17.1. The Balaban J connectivity index is 1.84. The fourth-order valence-corrected chi connectivity index (χ4v) is 3.82. The van der Waals surface area contributed by atoms with Crippen LogP contribution >= 0.6 is 15.9 Å². The van der Waals surface area contributed by atoms with Gasteiger partial charge in [0.15, 0.2) is 0 Å². The second-order valence-corrected chi connectivity index (χ2v) is 7.24. The minimum atomic E-state index is -2.83. The van der Waals surface area contributed by atoms with E-state index in [9.17, 15) is 13.8 Å². The molecule has 8 heteroatoms. The predicted molar refractivity (Wildman–Crippen MR) is 94.1 cm³/mol. The summed E-state index contributed by atoms with van der Waals surface area (Å²) in [6, 6.07) is 9.14. The zero-order valence-electron chi connectivity index (χ0n) is 12.9. The highest BCUT2D eigenvalue weighted by Crippen LogP contribution is 2.41. The SMILES string of the molecule is CB(O)N1CC(F)(F)C[C@H]1c1nc2c(ccc3cc(Br)ccc32)[nH]1. The number of fused-ring (bicyclic) bond motifs is 3. The van der Waals surface area contributed by atoms with Gasteiger partial charge >= 0.3 is 7.05 Å². The molecule has 1 fully saturated rings. The smallest absolute Gasteiger partial charge is 0.377 e. The largest absolute Gasteiger partial charge is 0.437 e. The highest BCUT2D eigenvalue weighted by molar-refractivity contribution is 9.10. The number of aromatic amines is 1. The van der Waals surface area contributed by atoms with Crippen LogP contribution in [0.5, 0.6) is 0 Å². The normalized spacial score (nSPS) is 21.0. The maximum atomic E-state index is 13.8. The highest BCUT2D eigenvalue weighted by atomic mass is 79.9. The van der Waals surface area contributed by atoms with Gasteiger partial charge in [-0.05, 0) is 30.4 Å². The van der Waals surface area contributed by atoms with Gasteiger partial charge in [-0.15, -0.1) is 0 Å². The van der Waals surface area contributed by atoms with Crippen LogP contribution in [0.3, 0.4) is 0 Å². The van der Waals surface area contributed by atoms with E-state index in [1.165, 1.54) is 11.6 Å². The minimum Gasteiger partial charge on any atom is -0.437 e. The molecule has 1 aromatic heterocycles. The molecule has 1 aliphatic heterocycles. The Morgan fingerprint density at radius 3 is 2.92 bits per heavy atom. The maximum Gasteiger partial charge on any atom is 0.377 e. The number of nitrogens with one attached hydrogen (secondary N) is 1. The monoisotopic (exact) mass is 393 g/mol. The van der Waals surface area contributed by atoms with Gasteiger partial charge in [0.25, 0.3) is 5.92 Å². The summed E-state index contributed by atoms with van der Waals surface area (Å²) in [5.41, 5.74) is 1.57. The summed E-state index contributed by atoms with van der Waals surface area (Å²) in [7, 11) is -0.954. The van der Waals surface area contributed by atoms with E-state index in [-0.39, 0.29) is 6.42 Å². The number of H-pyrrole nitrogens is 1. The van der Waals surface area contributed by atoms with Gasteiger partial charge < -0.3 is 14.8 Å². The standard InChI is InChI=1S/C16H15BBrF2N3O/c1-17(24)23-8-16(19,20)7-13(23)15-21-12-5-2-9-6-10(18)3-4-11(9)14(12)22-15/h2-6,13,24H,7-8H2,1H3,(H,21,22)/t13-/m0/s1. The predicted octanol–water partition coefficient (Wildman–Crippen LogP) is 3.97. The van der Waals surface area contributed by atoms with Crippen LogP contribution in [-0.2, 0) is 0 Å². The molecule has 2 heterocycles. The van der Waals surface area contributed by atoms with Crippen molar-refractivity contribution in [2.45, 2.75) is 25.2 Å². The molecular weight excluding hydrogens is 379 g/mol. The molecule has 0 radical (unpaired) electrons. The third-order valence-electron chi connectivity index (χ3n) is 4.55. The average Bonchev–Trinajstić information content (AvgIpc) is 3.07. The lowest BCUT2D eigenvalue weighted by Gasteiger charge is -2.22. The molecule has 1 aliphatic rings. The molecule has 1 saturated heterocycles. The summed E-state index contributed by atoms with van der Waals surface area (Å²) in [6.45, 7) is 1.05. The van der Waals surface area contributed by atoms with Crippen LogP contribution in [0.25, 0.3) is 21.8 Å². The number of benzene rings is 2. The van der Waals surface area contributed by atoms with Crippen molar-refractivity contribution in [1.82, 2.24) is 14.8 Å². The number of rotatable bonds is 2. The molecule has 0 saturated carbocycles. The molecule has 3 aromatic rings. The molecule has 0 aliphatic carbocycles. The van der Waals surface area contributed by atoms with Gasteiger partial charge in [-0.3, -0.25) is 0 Å². The Kier molecular flexibility index (Phi) is 3.67. The second kappa shape index (κ2) is 5.51. The quantitative estimate of drug-likeness (QED) is 0.647. The first kappa shape index (κ1) is 16.0. The van der Waals surface area contributed by atoms with E-state index in [1.807, 2.05) is 30.3 Å². The van der Waals surface area contributed by atoms with Gasteiger partial charge in [0.1, 0.15) is 5.82 Å². The van der Waals surface area contributed by atoms with Gasteiger partial charge in [0, 0.05) is 16.3 Å². The Hall–Kier alpha value is -1.51. The highest BCUT2D eigenvalue weighted by Gasteiger charge is 2.48. The molecule has 0 bridgehead atoms. The molecule has 4 nitrogen and oxygen atoms in total. The molecule has 1 atom stereocenters. The summed E-state index contributed by atoms with van der Waals surface area (Å²) in [5, 5.41) is 11.8. The number of nitrogens with zero attached hydrogens (tertiary/aromatic N) is 2. The first-order valence-electron chi connectivity index (χ1n) is 7.74. The molecule has 24 heavy (non-hydrogen) atoms. The number of imidazole rings is 1. The summed E-state index contributed by atoms with van der Waals surface area (Å²) in [4.78, 5) is 9.14. The molecule has 2 N–H and O–H groups in total. The van der Waals surface area contributed by atoms with Crippen molar-refractivity contribution >= 4 is 44.8 Å². The van der Waals surface area contributed by atoms with E-state index in [0.717, 1.165) is 26.3 Å². The van der Waals surface area contributed by atoms with E-state index in [2.05, 4.69) is 25.9 Å². The number of alkyl halides is 2. The minimum absolute atomic E-state index is 0.346. The number of aromatic nitrogens is 2. The Morgan fingerprint density at radius 1 is 1.38 bits per heavy atom. The summed E-state index contributed by atoms with van der Waals surface area (Å²) in [5.74, 6) is -2.36. The zero-order valence-corrected chi connectivity index (χ0v) is 14.5. The van der Waals surface area contributed by atoms with Crippen LogP contribution in [0, 0.1) is 0 Å². The fraction of sp³-hybridized carbons (Fsp3) is 0.312. The molecule has 0 spiro atoms.